The van der Waals surface area contributed by atoms with E-state index in [4.69, 9.17) is 0 Å². The van der Waals surface area contributed by atoms with E-state index in [2.05, 4.69) is 39.7 Å². The Morgan fingerprint density at radius 1 is 1.12 bits per heavy atom. The van der Waals surface area contributed by atoms with Gasteiger partial charge in [-0.1, -0.05) is 6.92 Å². The zero-order valence-electron chi connectivity index (χ0n) is 15.2. The van der Waals surface area contributed by atoms with Gasteiger partial charge in [-0.3, -0.25) is 4.79 Å². The van der Waals surface area contributed by atoms with E-state index in [9.17, 15) is 9.59 Å². The second kappa shape index (κ2) is 9.75. The molecule has 0 saturated carbocycles. The van der Waals surface area contributed by atoms with E-state index in [0.717, 1.165) is 25.3 Å². The Morgan fingerprint density at radius 3 is 2.29 bits per heavy atom. The lowest BCUT2D eigenvalue weighted by molar-refractivity contribution is -0.123. The maximum atomic E-state index is 12.0. The molecule has 0 unspecified atom stereocenters. The van der Waals surface area contributed by atoms with Crippen LogP contribution < -0.4 is 20.9 Å². The van der Waals surface area contributed by atoms with Gasteiger partial charge < -0.3 is 20.9 Å². The first kappa shape index (κ1) is 19.7. The number of nitrogens with zero attached hydrogens (tertiary/aromatic N) is 2. The fourth-order valence-corrected chi connectivity index (χ4v) is 2.09. The lowest BCUT2D eigenvalue weighted by atomic mass is 10.2. The molecule has 134 valence electrons. The molecular weight excluding hydrogens is 306 g/mol. The summed E-state index contributed by atoms with van der Waals surface area (Å²) in [4.78, 5) is 30.3. The minimum atomic E-state index is -0.609. The van der Waals surface area contributed by atoms with Crippen molar-refractivity contribution in [1.29, 1.82) is 0 Å². The normalized spacial score (nSPS) is 12.9. The molecule has 0 aromatic carbocycles. The molecule has 7 heteroatoms. The van der Waals surface area contributed by atoms with E-state index < -0.39 is 12.1 Å². The molecule has 3 amide bonds. The Labute approximate surface area is 144 Å². The van der Waals surface area contributed by atoms with E-state index in [0.29, 0.717) is 5.69 Å². The van der Waals surface area contributed by atoms with Gasteiger partial charge in [-0.15, -0.1) is 0 Å². The number of hydrogen-bond donors (Lipinski definition) is 3. The topological polar surface area (TPSA) is 86.4 Å². The molecule has 0 spiro atoms. The maximum Gasteiger partial charge on any atom is 0.319 e. The van der Waals surface area contributed by atoms with E-state index in [1.54, 1.807) is 19.2 Å². The van der Waals surface area contributed by atoms with Gasteiger partial charge in [0.15, 0.2) is 0 Å². The summed E-state index contributed by atoms with van der Waals surface area (Å²) in [5.74, 6) is 0.668. The molecule has 7 nitrogen and oxygen atoms in total. The number of rotatable bonds is 8. The van der Waals surface area contributed by atoms with Crippen LogP contribution in [-0.4, -0.2) is 42.1 Å². The van der Waals surface area contributed by atoms with Gasteiger partial charge in [0.25, 0.3) is 0 Å². The number of anilines is 2. The van der Waals surface area contributed by atoms with Gasteiger partial charge in [0.1, 0.15) is 11.9 Å². The molecule has 0 radical (unpaired) electrons. The number of pyridine rings is 1. The summed E-state index contributed by atoms with van der Waals surface area (Å²) in [7, 11) is 0. The Hall–Kier alpha value is -2.31. The first-order valence-electron chi connectivity index (χ1n) is 8.50. The Balaban J connectivity index is 2.54. The summed E-state index contributed by atoms with van der Waals surface area (Å²) in [5, 5.41) is 8.14. The van der Waals surface area contributed by atoms with Gasteiger partial charge in [-0.25, -0.2) is 9.78 Å². The molecule has 0 aliphatic heterocycles. The molecule has 24 heavy (non-hydrogen) atoms. The fraction of sp³-hybridized carbons (Fsp3) is 0.588. The highest BCUT2D eigenvalue weighted by molar-refractivity contribution is 5.93. The van der Waals surface area contributed by atoms with Crippen LogP contribution in [0.4, 0.5) is 16.3 Å². The molecule has 2 atom stereocenters. The van der Waals surface area contributed by atoms with Crippen LogP contribution in [0.1, 0.15) is 41.0 Å². The van der Waals surface area contributed by atoms with Crippen LogP contribution >= 0.6 is 0 Å². The van der Waals surface area contributed by atoms with Crippen molar-refractivity contribution in [3.8, 4) is 0 Å². The maximum absolute atomic E-state index is 12.0. The summed E-state index contributed by atoms with van der Waals surface area (Å²) >= 11 is 0. The van der Waals surface area contributed by atoms with E-state index in [1.807, 2.05) is 19.9 Å². The fourth-order valence-electron chi connectivity index (χ4n) is 2.09. The minimum Gasteiger partial charge on any atom is -0.357 e. The summed E-state index contributed by atoms with van der Waals surface area (Å²) < 4.78 is 0. The van der Waals surface area contributed by atoms with Crippen LogP contribution in [0.2, 0.25) is 0 Å². The first-order valence-corrected chi connectivity index (χ1v) is 8.50. The van der Waals surface area contributed by atoms with Crippen molar-refractivity contribution >= 4 is 23.4 Å². The van der Waals surface area contributed by atoms with Crippen LogP contribution in [0.3, 0.4) is 0 Å². The lowest BCUT2D eigenvalue weighted by Crippen LogP contribution is -2.48. The molecule has 1 aromatic rings. The third-order valence-corrected chi connectivity index (χ3v) is 3.84. The molecule has 1 heterocycles. The van der Waals surface area contributed by atoms with Crippen LogP contribution in [0.5, 0.6) is 0 Å². The number of aromatic nitrogens is 1. The highest BCUT2D eigenvalue weighted by Crippen LogP contribution is 2.13. The van der Waals surface area contributed by atoms with E-state index in [1.165, 1.54) is 0 Å². The van der Waals surface area contributed by atoms with Crippen molar-refractivity contribution in [2.75, 3.05) is 23.3 Å². The number of carbonyl (C=O) groups is 2. The van der Waals surface area contributed by atoms with E-state index >= 15 is 0 Å². The number of hydrogen-bond acceptors (Lipinski definition) is 4. The third kappa shape index (κ3) is 6.06. The molecule has 3 N–H and O–H groups in total. The average molecular weight is 335 g/mol. The minimum absolute atomic E-state index is 0.0848. The van der Waals surface area contributed by atoms with Crippen molar-refractivity contribution < 1.29 is 9.59 Å². The summed E-state index contributed by atoms with van der Waals surface area (Å²) in [5.41, 5.74) is 0.581. The van der Waals surface area contributed by atoms with Crippen LogP contribution in [0.15, 0.2) is 18.3 Å². The number of carbonyl (C=O) groups excluding carboxylic acids is 2. The van der Waals surface area contributed by atoms with Gasteiger partial charge in [0, 0.05) is 19.1 Å². The molecular formula is C17H29N5O2. The van der Waals surface area contributed by atoms with Gasteiger partial charge in [0.05, 0.1) is 11.9 Å². The summed E-state index contributed by atoms with van der Waals surface area (Å²) in [6.45, 7) is 11.4. The molecule has 0 fully saturated rings. The molecule has 0 aliphatic carbocycles. The van der Waals surface area contributed by atoms with Crippen molar-refractivity contribution in [2.24, 2.45) is 0 Å². The second-order valence-corrected chi connectivity index (χ2v) is 5.72. The molecule has 0 saturated heterocycles. The van der Waals surface area contributed by atoms with E-state index in [-0.39, 0.29) is 11.9 Å². The number of nitrogens with one attached hydrogen (secondary N) is 3. The molecule has 1 aromatic heterocycles. The van der Waals surface area contributed by atoms with Gasteiger partial charge >= 0.3 is 6.03 Å². The molecule has 0 aliphatic rings. The number of urea groups is 1. The predicted octanol–water partition coefficient (Wildman–Crippen LogP) is 2.35. The quantitative estimate of drug-likeness (QED) is 0.681. The predicted molar refractivity (Wildman–Crippen MR) is 97.3 cm³/mol. The largest absolute Gasteiger partial charge is 0.357 e. The van der Waals surface area contributed by atoms with Gasteiger partial charge in [-0.2, -0.15) is 0 Å². The SMILES string of the molecule is CC[C@H](C)NC(=O)[C@@H](C)NC(=O)Nc1ccc(N(CC)CC)nc1. The highest BCUT2D eigenvalue weighted by Gasteiger charge is 2.17. The molecule has 0 bridgehead atoms. The zero-order valence-corrected chi connectivity index (χ0v) is 15.2. The highest BCUT2D eigenvalue weighted by atomic mass is 16.2. The van der Waals surface area contributed by atoms with Crippen LogP contribution in [0.25, 0.3) is 0 Å². The zero-order chi connectivity index (χ0) is 18.1. The van der Waals surface area contributed by atoms with Crippen molar-refractivity contribution in [3.05, 3.63) is 18.3 Å². The first-order chi connectivity index (χ1) is 11.4. The van der Waals surface area contributed by atoms with Crippen molar-refractivity contribution in [3.63, 3.8) is 0 Å². The summed E-state index contributed by atoms with van der Waals surface area (Å²) in [6, 6.07) is 2.70. The Bertz CT molecular complexity index is 528. The standard InChI is InChI=1S/C17H29N5O2/c1-6-12(4)19-16(23)13(5)20-17(24)21-14-9-10-15(18-11-14)22(7-2)8-3/h9-13H,6-8H2,1-5H3,(H,19,23)(H2,20,21,24)/t12-,13+/m0/s1. The monoisotopic (exact) mass is 335 g/mol. The Kier molecular flexibility index (Phi) is 8.01. The van der Waals surface area contributed by atoms with Crippen molar-refractivity contribution in [2.45, 2.75) is 53.1 Å². The molecule has 1 rings (SSSR count). The van der Waals surface area contributed by atoms with Gasteiger partial charge in [-0.05, 0) is 46.2 Å². The van der Waals surface area contributed by atoms with Gasteiger partial charge in [0.2, 0.25) is 5.91 Å². The Morgan fingerprint density at radius 2 is 1.79 bits per heavy atom. The third-order valence-electron chi connectivity index (χ3n) is 3.84. The second-order valence-electron chi connectivity index (χ2n) is 5.72. The average Bonchev–Trinajstić information content (AvgIpc) is 2.57. The number of amides is 3. The smallest absolute Gasteiger partial charge is 0.319 e. The van der Waals surface area contributed by atoms with Crippen LogP contribution in [-0.2, 0) is 4.79 Å². The lowest BCUT2D eigenvalue weighted by Gasteiger charge is -2.20. The summed E-state index contributed by atoms with van der Waals surface area (Å²) in [6.07, 6.45) is 2.45. The van der Waals surface area contributed by atoms with Crippen LogP contribution in [0, 0.1) is 0 Å². The van der Waals surface area contributed by atoms with Crippen molar-refractivity contribution in [1.82, 2.24) is 15.6 Å².